The Labute approximate surface area is 233 Å². The Balaban J connectivity index is 1.07. The molecule has 4 fully saturated rings. The lowest BCUT2D eigenvalue weighted by Gasteiger charge is -2.57. The summed E-state index contributed by atoms with van der Waals surface area (Å²) in [5.41, 5.74) is 2.10. The highest BCUT2D eigenvalue weighted by atomic mass is 16.2. The third kappa shape index (κ3) is 5.91. The van der Waals surface area contributed by atoms with Crippen LogP contribution in [0.15, 0.2) is 54.9 Å². The minimum Gasteiger partial charge on any atom is -0.343 e. The van der Waals surface area contributed by atoms with Crippen molar-refractivity contribution < 1.29 is 9.59 Å². The standard InChI is InChI=1S/C33H44N4O2/c38-31(35-20-15-26(16-21-35)22-25-8-2-1-3-9-25)14-4-13-30-29-12-7-19-36-18-6-11-28(32(29)36)24-37(30)33(39)27-10-5-17-34-23-27/h1-3,5,8-10,17,23,26,28-30,32H,4,6-7,11-16,18-22,24H2/t28-,29+,30+,32-/m0/s1. The fraction of sp³-hybridized carbons (Fsp3) is 0.606. The Morgan fingerprint density at radius 3 is 2.46 bits per heavy atom. The van der Waals surface area contributed by atoms with Crippen LogP contribution in [0, 0.1) is 17.8 Å². The maximum absolute atomic E-state index is 13.7. The van der Waals surface area contributed by atoms with Crippen molar-refractivity contribution >= 4 is 11.8 Å². The quantitative estimate of drug-likeness (QED) is 0.505. The van der Waals surface area contributed by atoms with Gasteiger partial charge in [-0.2, -0.15) is 0 Å². The van der Waals surface area contributed by atoms with Crippen LogP contribution in [0.25, 0.3) is 0 Å². The Morgan fingerprint density at radius 2 is 1.69 bits per heavy atom. The first-order chi connectivity index (χ1) is 19.2. The lowest BCUT2D eigenvalue weighted by molar-refractivity contribution is -0.132. The van der Waals surface area contributed by atoms with Crippen molar-refractivity contribution in [1.29, 1.82) is 0 Å². The van der Waals surface area contributed by atoms with Gasteiger partial charge in [0.25, 0.3) is 5.91 Å². The molecular formula is C33H44N4O2. The van der Waals surface area contributed by atoms with Gasteiger partial charge in [0.05, 0.1) is 5.56 Å². The topological polar surface area (TPSA) is 56.8 Å². The fourth-order valence-electron chi connectivity index (χ4n) is 8.21. The monoisotopic (exact) mass is 528 g/mol. The third-order valence-electron chi connectivity index (χ3n) is 10.1. The van der Waals surface area contributed by atoms with Crippen molar-refractivity contribution in [2.45, 2.75) is 76.3 Å². The van der Waals surface area contributed by atoms with E-state index in [0.29, 0.717) is 41.7 Å². The number of carbonyl (C=O) groups is 2. The van der Waals surface area contributed by atoms with Gasteiger partial charge in [-0.3, -0.25) is 19.5 Å². The minimum atomic E-state index is 0.126. The summed E-state index contributed by atoms with van der Waals surface area (Å²) in [6.45, 7) is 5.03. The molecule has 6 rings (SSSR count). The molecule has 6 nitrogen and oxygen atoms in total. The lowest BCUT2D eigenvalue weighted by Crippen LogP contribution is -2.65. The molecule has 4 aliphatic rings. The molecule has 39 heavy (non-hydrogen) atoms. The molecule has 0 spiro atoms. The van der Waals surface area contributed by atoms with Crippen molar-refractivity contribution in [1.82, 2.24) is 19.7 Å². The second-order valence-electron chi connectivity index (χ2n) is 12.4. The average Bonchev–Trinajstić information content (AvgIpc) is 2.99. The molecule has 0 N–H and O–H groups in total. The van der Waals surface area contributed by atoms with E-state index >= 15 is 0 Å². The molecular weight excluding hydrogens is 484 g/mol. The number of amides is 2. The van der Waals surface area contributed by atoms with E-state index in [1.807, 2.05) is 12.1 Å². The highest BCUT2D eigenvalue weighted by molar-refractivity contribution is 5.94. The highest BCUT2D eigenvalue weighted by Crippen LogP contribution is 2.43. The van der Waals surface area contributed by atoms with Crippen molar-refractivity contribution in [3.8, 4) is 0 Å². The molecule has 0 saturated carbocycles. The van der Waals surface area contributed by atoms with Crippen molar-refractivity contribution in [3.05, 3.63) is 66.0 Å². The largest absolute Gasteiger partial charge is 0.343 e. The van der Waals surface area contributed by atoms with E-state index in [4.69, 9.17) is 0 Å². The molecule has 0 unspecified atom stereocenters. The molecule has 0 aliphatic carbocycles. The van der Waals surface area contributed by atoms with E-state index in [9.17, 15) is 9.59 Å². The normalized spacial score (nSPS) is 27.7. The number of nitrogens with zero attached hydrogens (tertiary/aromatic N) is 4. The summed E-state index contributed by atoms with van der Waals surface area (Å²) < 4.78 is 0. The number of aromatic nitrogens is 1. The maximum Gasteiger partial charge on any atom is 0.255 e. The van der Waals surface area contributed by atoms with Crippen LogP contribution >= 0.6 is 0 Å². The van der Waals surface area contributed by atoms with Gasteiger partial charge in [-0.1, -0.05) is 30.3 Å². The summed E-state index contributed by atoms with van der Waals surface area (Å²) in [4.78, 5) is 38.2. The molecule has 2 aromatic rings. The Morgan fingerprint density at radius 1 is 0.897 bits per heavy atom. The van der Waals surface area contributed by atoms with Crippen molar-refractivity contribution in [2.75, 3.05) is 32.7 Å². The van der Waals surface area contributed by atoms with E-state index in [1.54, 1.807) is 12.4 Å². The third-order valence-corrected chi connectivity index (χ3v) is 10.1. The van der Waals surface area contributed by atoms with Gasteiger partial charge in [-0.15, -0.1) is 0 Å². The molecule has 0 bridgehead atoms. The second kappa shape index (κ2) is 12.2. The predicted molar refractivity (Wildman–Crippen MR) is 153 cm³/mol. The number of piperidine rings is 4. The summed E-state index contributed by atoms with van der Waals surface area (Å²) in [5, 5.41) is 0. The van der Waals surface area contributed by atoms with Gasteiger partial charge in [-0.05, 0) is 106 Å². The summed E-state index contributed by atoms with van der Waals surface area (Å²) in [6.07, 6.45) is 14.0. The average molecular weight is 529 g/mol. The van der Waals surface area contributed by atoms with Gasteiger partial charge in [0.2, 0.25) is 5.91 Å². The zero-order valence-electron chi connectivity index (χ0n) is 23.3. The van der Waals surface area contributed by atoms with Gasteiger partial charge in [0.1, 0.15) is 0 Å². The smallest absolute Gasteiger partial charge is 0.255 e. The summed E-state index contributed by atoms with van der Waals surface area (Å²) in [7, 11) is 0. The van der Waals surface area contributed by atoms with Crippen LogP contribution in [0.5, 0.6) is 0 Å². The minimum absolute atomic E-state index is 0.126. The van der Waals surface area contributed by atoms with Gasteiger partial charge in [-0.25, -0.2) is 0 Å². The Bertz CT molecular complexity index is 1100. The first kappa shape index (κ1) is 26.5. The van der Waals surface area contributed by atoms with Crippen LogP contribution in [-0.2, 0) is 11.2 Å². The summed E-state index contributed by atoms with van der Waals surface area (Å²) in [6, 6.07) is 15.3. The number of hydrogen-bond donors (Lipinski definition) is 0. The Hall–Kier alpha value is -2.73. The number of pyridine rings is 1. The molecule has 1 aromatic heterocycles. The van der Waals surface area contributed by atoms with Gasteiger partial charge in [0.15, 0.2) is 0 Å². The fourth-order valence-corrected chi connectivity index (χ4v) is 8.21. The Kier molecular flexibility index (Phi) is 8.29. The first-order valence-corrected chi connectivity index (χ1v) is 15.4. The second-order valence-corrected chi connectivity index (χ2v) is 12.4. The molecule has 2 amide bonds. The molecule has 208 valence electrons. The number of hydrogen-bond acceptors (Lipinski definition) is 4. The molecule has 0 radical (unpaired) electrons. The van der Waals surface area contributed by atoms with Crippen molar-refractivity contribution in [2.24, 2.45) is 17.8 Å². The van der Waals surface area contributed by atoms with E-state index in [-0.39, 0.29) is 11.9 Å². The highest BCUT2D eigenvalue weighted by Gasteiger charge is 2.49. The van der Waals surface area contributed by atoms with E-state index in [1.165, 1.54) is 44.3 Å². The number of carbonyl (C=O) groups excluding carboxylic acids is 2. The first-order valence-electron chi connectivity index (χ1n) is 15.4. The molecule has 4 aliphatic heterocycles. The number of benzene rings is 1. The molecule has 4 saturated heterocycles. The van der Waals surface area contributed by atoms with Crippen LogP contribution in [0.3, 0.4) is 0 Å². The zero-order valence-corrected chi connectivity index (χ0v) is 23.3. The summed E-state index contributed by atoms with van der Waals surface area (Å²) in [5.74, 6) is 2.18. The van der Waals surface area contributed by atoms with Gasteiger partial charge >= 0.3 is 0 Å². The maximum atomic E-state index is 13.7. The molecule has 6 heteroatoms. The van der Waals surface area contributed by atoms with E-state index in [0.717, 1.165) is 51.7 Å². The van der Waals surface area contributed by atoms with Gasteiger partial charge < -0.3 is 9.80 Å². The SMILES string of the molecule is O=C(CCC[C@@H]1[C@H]2CCCN3CCC[C@@H](CN1C(=O)c1cccnc1)[C@@H]23)N1CCC(Cc2ccccc2)CC1. The number of likely N-dealkylation sites (tertiary alicyclic amines) is 2. The van der Waals surface area contributed by atoms with Crippen LogP contribution < -0.4 is 0 Å². The lowest BCUT2D eigenvalue weighted by atomic mass is 9.69. The van der Waals surface area contributed by atoms with Crippen LogP contribution in [0.4, 0.5) is 0 Å². The zero-order chi connectivity index (χ0) is 26.6. The van der Waals surface area contributed by atoms with Crippen LogP contribution in [-0.4, -0.2) is 76.3 Å². The summed E-state index contributed by atoms with van der Waals surface area (Å²) >= 11 is 0. The van der Waals surface area contributed by atoms with Gasteiger partial charge in [0, 0.05) is 50.5 Å². The molecule has 5 heterocycles. The van der Waals surface area contributed by atoms with Crippen LogP contribution in [0.2, 0.25) is 0 Å². The molecule has 1 aromatic carbocycles. The number of rotatable bonds is 7. The van der Waals surface area contributed by atoms with Crippen LogP contribution in [0.1, 0.15) is 73.7 Å². The van der Waals surface area contributed by atoms with E-state index < -0.39 is 0 Å². The van der Waals surface area contributed by atoms with E-state index in [2.05, 4.69) is 50.0 Å². The predicted octanol–water partition coefficient (Wildman–Crippen LogP) is 5.05. The van der Waals surface area contributed by atoms with Crippen molar-refractivity contribution in [3.63, 3.8) is 0 Å². The molecule has 4 atom stereocenters.